The lowest BCUT2D eigenvalue weighted by Gasteiger charge is -2.19. The number of aromatic nitrogens is 2. The Morgan fingerprint density at radius 2 is 2.04 bits per heavy atom. The number of rotatable bonds is 9. The highest BCUT2D eigenvalue weighted by Gasteiger charge is 2.40. The molecule has 1 aliphatic heterocycles. The average Bonchev–Trinajstić information content (AvgIpc) is 2.91. The van der Waals surface area contributed by atoms with Gasteiger partial charge in [0.2, 0.25) is 0 Å². The van der Waals surface area contributed by atoms with E-state index in [2.05, 4.69) is 18.3 Å². The highest BCUT2D eigenvalue weighted by atomic mass is 31.3. The Labute approximate surface area is 147 Å². The fourth-order valence-corrected chi connectivity index (χ4v) is 4.23. The second-order valence-corrected chi connectivity index (χ2v) is 8.22. The minimum absolute atomic E-state index is 0.00825. The third-order valence-corrected chi connectivity index (χ3v) is 5.87. The van der Waals surface area contributed by atoms with E-state index in [1.165, 1.54) is 18.5 Å². The first kappa shape index (κ1) is 21.3. The molecule has 15 heteroatoms. The standard InChI is InChI=1S/C11H19N3O10P2/c12-2-5-21-25(17,18)24-26(19,20)22-7-9-8(15)6-10(23-9)14-4-1-3-13-11(14)16/h1,3-4,8-10,15H,2,5-7,12H2,(H,17,18)(H,19,20)/t8-,9+,10?/m0/s1. The van der Waals surface area contributed by atoms with E-state index in [1.54, 1.807) is 0 Å². The van der Waals surface area contributed by atoms with Crippen molar-refractivity contribution in [2.75, 3.05) is 19.8 Å². The smallest absolute Gasteiger partial charge is 0.390 e. The zero-order valence-electron chi connectivity index (χ0n) is 13.4. The van der Waals surface area contributed by atoms with E-state index in [9.17, 15) is 28.8 Å². The number of phosphoric acid groups is 2. The van der Waals surface area contributed by atoms with Crippen LogP contribution in [0.25, 0.3) is 0 Å². The van der Waals surface area contributed by atoms with Crippen LogP contribution in [0.4, 0.5) is 0 Å². The number of aliphatic hydroxyl groups excluding tert-OH is 1. The molecule has 0 radical (unpaired) electrons. The summed E-state index contributed by atoms with van der Waals surface area (Å²) in [5.74, 6) is 0. The van der Waals surface area contributed by atoms with Crippen LogP contribution in [-0.2, 0) is 27.2 Å². The minimum Gasteiger partial charge on any atom is -0.390 e. The minimum atomic E-state index is -4.99. The average molecular weight is 415 g/mol. The molecule has 0 aromatic carbocycles. The van der Waals surface area contributed by atoms with Crippen LogP contribution in [0.5, 0.6) is 0 Å². The number of hydrogen-bond acceptors (Lipinski definition) is 10. The monoisotopic (exact) mass is 415 g/mol. The van der Waals surface area contributed by atoms with Gasteiger partial charge in [-0.3, -0.25) is 13.6 Å². The molecular formula is C11H19N3O10P2. The van der Waals surface area contributed by atoms with Gasteiger partial charge in [0, 0.05) is 25.4 Å². The molecule has 13 nitrogen and oxygen atoms in total. The molecule has 0 bridgehead atoms. The summed E-state index contributed by atoms with van der Waals surface area (Å²) < 4.78 is 42.7. The van der Waals surface area contributed by atoms with Gasteiger partial charge in [0.15, 0.2) is 0 Å². The number of aliphatic hydroxyl groups is 1. The molecule has 3 unspecified atom stereocenters. The quantitative estimate of drug-likeness (QED) is 0.364. The van der Waals surface area contributed by atoms with Gasteiger partial charge in [0.05, 0.1) is 19.3 Å². The Morgan fingerprint density at radius 3 is 2.69 bits per heavy atom. The van der Waals surface area contributed by atoms with Crippen LogP contribution in [-0.4, -0.2) is 56.4 Å². The molecule has 148 valence electrons. The van der Waals surface area contributed by atoms with Crippen LogP contribution in [0, 0.1) is 0 Å². The van der Waals surface area contributed by atoms with Gasteiger partial charge in [-0.15, -0.1) is 0 Å². The molecule has 2 rings (SSSR count). The maximum atomic E-state index is 11.7. The first-order chi connectivity index (χ1) is 12.1. The number of ether oxygens (including phenoxy) is 1. The second kappa shape index (κ2) is 8.81. The second-order valence-electron chi connectivity index (χ2n) is 5.18. The molecule has 1 aliphatic rings. The molecule has 0 spiro atoms. The van der Waals surface area contributed by atoms with Gasteiger partial charge in [-0.1, -0.05) is 0 Å². The van der Waals surface area contributed by atoms with Crippen molar-refractivity contribution in [3.8, 4) is 0 Å². The van der Waals surface area contributed by atoms with Gasteiger partial charge >= 0.3 is 21.3 Å². The lowest BCUT2D eigenvalue weighted by molar-refractivity contribution is -0.0450. The summed E-state index contributed by atoms with van der Waals surface area (Å²) in [6.45, 7) is -1.13. The summed E-state index contributed by atoms with van der Waals surface area (Å²) in [4.78, 5) is 34.0. The molecule has 1 aromatic rings. The molecule has 0 amide bonds. The van der Waals surface area contributed by atoms with E-state index in [-0.39, 0.29) is 19.6 Å². The third kappa shape index (κ3) is 6.03. The van der Waals surface area contributed by atoms with Crippen LogP contribution in [0.3, 0.4) is 0 Å². The fraction of sp³-hybridized carbons (Fsp3) is 0.636. The lowest BCUT2D eigenvalue weighted by atomic mass is 10.2. The Kier molecular flexibility index (Phi) is 7.22. The Hall–Kier alpha value is -0.980. The van der Waals surface area contributed by atoms with E-state index >= 15 is 0 Å². The first-order valence-corrected chi connectivity index (χ1v) is 10.4. The van der Waals surface area contributed by atoms with Gasteiger partial charge < -0.3 is 25.4 Å². The summed E-state index contributed by atoms with van der Waals surface area (Å²) in [5.41, 5.74) is 4.48. The predicted octanol–water partition coefficient (Wildman–Crippen LogP) is -0.899. The van der Waals surface area contributed by atoms with Crippen LogP contribution >= 0.6 is 15.6 Å². The van der Waals surface area contributed by atoms with Crippen molar-refractivity contribution in [1.29, 1.82) is 0 Å². The van der Waals surface area contributed by atoms with E-state index in [1.807, 2.05) is 0 Å². The van der Waals surface area contributed by atoms with E-state index in [4.69, 9.17) is 10.5 Å². The van der Waals surface area contributed by atoms with Gasteiger partial charge in [-0.2, -0.15) is 4.31 Å². The lowest BCUT2D eigenvalue weighted by Crippen LogP contribution is -2.27. The topological polar surface area (TPSA) is 193 Å². The van der Waals surface area contributed by atoms with Gasteiger partial charge in [-0.25, -0.2) is 18.9 Å². The van der Waals surface area contributed by atoms with Crippen molar-refractivity contribution < 1.29 is 42.1 Å². The SMILES string of the molecule is NCCOP(=O)(O)OP(=O)(O)OC[C@H]1OC(n2cccnc2=O)C[C@@H]1O. The van der Waals surface area contributed by atoms with Gasteiger partial charge in [-0.05, 0) is 6.07 Å². The third-order valence-electron chi connectivity index (χ3n) is 3.23. The summed E-state index contributed by atoms with van der Waals surface area (Å²) in [6, 6.07) is 1.50. The fourth-order valence-electron chi connectivity index (χ4n) is 2.14. The highest BCUT2D eigenvalue weighted by molar-refractivity contribution is 7.61. The predicted molar refractivity (Wildman–Crippen MR) is 84.7 cm³/mol. The van der Waals surface area contributed by atoms with Crippen LogP contribution in [0.15, 0.2) is 23.3 Å². The number of nitrogens with two attached hydrogens (primary N) is 1. The van der Waals surface area contributed by atoms with Gasteiger partial charge in [0.25, 0.3) is 0 Å². The van der Waals surface area contributed by atoms with E-state index in [0.717, 1.165) is 4.57 Å². The maximum absolute atomic E-state index is 11.7. The van der Waals surface area contributed by atoms with Crippen molar-refractivity contribution >= 4 is 15.6 Å². The maximum Gasteiger partial charge on any atom is 0.481 e. The van der Waals surface area contributed by atoms with Crippen LogP contribution in [0.2, 0.25) is 0 Å². The van der Waals surface area contributed by atoms with E-state index < -0.39 is 46.4 Å². The number of nitrogens with zero attached hydrogens (tertiary/aromatic N) is 2. The van der Waals surface area contributed by atoms with Crippen LogP contribution < -0.4 is 11.4 Å². The number of phosphoric ester groups is 2. The largest absolute Gasteiger partial charge is 0.481 e. The highest BCUT2D eigenvalue weighted by Crippen LogP contribution is 2.60. The molecule has 2 heterocycles. The molecule has 0 saturated carbocycles. The van der Waals surface area contributed by atoms with Crippen molar-refractivity contribution in [3.63, 3.8) is 0 Å². The van der Waals surface area contributed by atoms with Crippen LogP contribution in [0.1, 0.15) is 12.6 Å². The zero-order chi connectivity index (χ0) is 19.4. The summed E-state index contributed by atoms with van der Waals surface area (Å²) in [7, 11) is -9.83. The Morgan fingerprint density at radius 1 is 1.35 bits per heavy atom. The molecule has 0 aliphatic carbocycles. The van der Waals surface area contributed by atoms with Crippen molar-refractivity contribution in [3.05, 3.63) is 28.9 Å². The molecule has 5 atom stereocenters. The molecular weight excluding hydrogens is 396 g/mol. The summed E-state index contributed by atoms with van der Waals surface area (Å²) in [5, 5.41) is 9.96. The van der Waals surface area contributed by atoms with Crippen molar-refractivity contribution in [2.45, 2.75) is 24.9 Å². The summed E-state index contributed by atoms with van der Waals surface area (Å²) in [6.07, 6.45) is -0.345. The van der Waals surface area contributed by atoms with Gasteiger partial charge in [0.1, 0.15) is 12.3 Å². The molecule has 5 N–H and O–H groups in total. The van der Waals surface area contributed by atoms with Crippen molar-refractivity contribution in [2.24, 2.45) is 5.73 Å². The molecule has 1 saturated heterocycles. The summed E-state index contributed by atoms with van der Waals surface area (Å²) >= 11 is 0. The van der Waals surface area contributed by atoms with E-state index in [0.29, 0.717) is 0 Å². The molecule has 1 fully saturated rings. The number of hydrogen-bond donors (Lipinski definition) is 4. The van der Waals surface area contributed by atoms with Crippen molar-refractivity contribution in [1.82, 2.24) is 9.55 Å². The Bertz CT molecular complexity index is 758. The molecule has 1 aromatic heterocycles. The first-order valence-electron chi connectivity index (χ1n) is 7.36. The molecule has 26 heavy (non-hydrogen) atoms. The zero-order valence-corrected chi connectivity index (χ0v) is 15.1. The Balaban J connectivity index is 1.92. The normalized spacial score (nSPS) is 27.8.